The fraction of sp³-hybridized carbons (Fsp3) is 0.250. The first kappa shape index (κ1) is 17.2. The third-order valence-corrected chi connectivity index (χ3v) is 5.97. The van der Waals surface area contributed by atoms with Crippen LogP contribution in [0.5, 0.6) is 0 Å². The number of nitrogens with one attached hydrogen (secondary N) is 1. The lowest BCUT2D eigenvalue weighted by Crippen LogP contribution is -2.33. The maximum absolute atomic E-state index is 13.3. The molecule has 2 heterocycles. The molecule has 2 aliphatic rings. The topological polar surface area (TPSA) is 42.0 Å². The Bertz CT molecular complexity index is 1160. The summed E-state index contributed by atoms with van der Waals surface area (Å²) >= 11 is 0. The second kappa shape index (κ2) is 6.06. The largest absolute Gasteiger partial charge is 0.373 e. The molecule has 0 amide bonds. The van der Waals surface area contributed by atoms with Gasteiger partial charge < -0.3 is 5.32 Å². The highest BCUT2D eigenvalue weighted by atomic mass is 16.1. The minimum atomic E-state index is -0.0971. The second-order valence-corrected chi connectivity index (χ2v) is 8.88. The molecule has 3 aromatic rings. The van der Waals surface area contributed by atoms with Crippen molar-refractivity contribution in [2.45, 2.75) is 32.7 Å². The zero-order valence-electron chi connectivity index (χ0n) is 16.5. The molecule has 0 saturated heterocycles. The summed E-state index contributed by atoms with van der Waals surface area (Å²) in [6.07, 6.45) is 3.32. The molecule has 2 aromatic carbocycles. The van der Waals surface area contributed by atoms with Crippen LogP contribution < -0.4 is 10.8 Å². The van der Waals surface area contributed by atoms with Gasteiger partial charge in [0.1, 0.15) is 7.85 Å². The predicted molar refractivity (Wildman–Crippen MR) is 118 cm³/mol. The van der Waals surface area contributed by atoms with Crippen LogP contribution in [0.1, 0.15) is 43.9 Å². The van der Waals surface area contributed by atoms with Gasteiger partial charge in [-0.1, -0.05) is 49.6 Å². The Morgan fingerprint density at radius 3 is 2.79 bits per heavy atom. The number of pyridine rings is 1. The molecule has 5 rings (SSSR count). The molecule has 4 heteroatoms. The number of allylic oxidation sites excluding steroid dienone is 1. The van der Waals surface area contributed by atoms with E-state index in [1.54, 1.807) is 0 Å². The Morgan fingerprint density at radius 1 is 1.11 bits per heavy atom. The number of nitrogens with zero attached hydrogens (tertiary/aromatic N) is 1. The van der Waals surface area contributed by atoms with Crippen molar-refractivity contribution in [3.63, 3.8) is 0 Å². The van der Waals surface area contributed by atoms with Crippen LogP contribution in [0.25, 0.3) is 16.5 Å². The smallest absolute Gasteiger partial charge is 0.162 e. The number of fused-ring (bicyclic) bond motifs is 4. The molecule has 0 radical (unpaired) electrons. The monoisotopic (exact) mass is 366 g/mol. The first-order valence-electron chi connectivity index (χ1n) is 9.90. The van der Waals surface area contributed by atoms with Crippen molar-refractivity contribution >= 4 is 41.3 Å². The van der Waals surface area contributed by atoms with Gasteiger partial charge in [-0.05, 0) is 41.2 Å². The number of rotatable bonds is 1. The van der Waals surface area contributed by atoms with E-state index in [9.17, 15) is 4.79 Å². The minimum absolute atomic E-state index is 0.0357. The second-order valence-electron chi connectivity index (χ2n) is 8.88. The van der Waals surface area contributed by atoms with Crippen LogP contribution in [0.2, 0.25) is 0 Å². The van der Waals surface area contributed by atoms with E-state index in [-0.39, 0.29) is 17.2 Å². The summed E-state index contributed by atoms with van der Waals surface area (Å²) in [5.41, 5.74) is 7.68. The zero-order chi connectivity index (χ0) is 19.5. The standard InChI is InChI=1S/C24H23BN2O/c1-24(2)12-17-21-16-7-4-10-26-18(16)8-9-19(21)27-23(22(17)20(28)13-24)14-5-3-6-15(25)11-14/h3-11,23,27H,12-13,25H2,1-2H3. The van der Waals surface area contributed by atoms with E-state index in [1.165, 1.54) is 11.0 Å². The lowest BCUT2D eigenvalue weighted by molar-refractivity contribution is -0.118. The van der Waals surface area contributed by atoms with Gasteiger partial charge >= 0.3 is 0 Å². The van der Waals surface area contributed by atoms with E-state index in [4.69, 9.17) is 0 Å². The molecular formula is C24H23BN2O. The molecule has 1 unspecified atom stereocenters. The SMILES string of the molecule is Bc1cccc(C2Nc3ccc4ncccc4c3C3=C2C(=O)CC(C)(C)C3)c1. The van der Waals surface area contributed by atoms with Gasteiger partial charge in [0.05, 0.1) is 11.6 Å². The molecule has 28 heavy (non-hydrogen) atoms. The van der Waals surface area contributed by atoms with Crippen LogP contribution >= 0.6 is 0 Å². The van der Waals surface area contributed by atoms with Gasteiger partial charge in [0, 0.05) is 34.8 Å². The van der Waals surface area contributed by atoms with Crippen molar-refractivity contribution in [1.82, 2.24) is 4.98 Å². The van der Waals surface area contributed by atoms with Gasteiger partial charge in [0.2, 0.25) is 0 Å². The van der Waals surface area contributed by atoms with Crippen LogP contribution in [0.15, 0.2) is 60.3 Å². The molecule has 3 nitrogen and oxygen atoms in total. The molecule has 1 aromatic heterocycles. The summed E-state index contributed by atoms with van der Waals surface area (Å²) in [6, 6.07) is 16.7. The molecule has 1 atom stereocenters. The summed E-state index contributed by atoms with van der Waals surface area (Å²) < 4.78 is 0. The van der Waals surface area contributed by atoms with Gasteiger partial charge in [-0.25, -0.2) is 0 Å². The lowest BCUT2D eigenvalue weighted by atomic mass is 9.68. The zero-order valence-corrected chi connectivity index (χ0v) is 16.5. The van der Waals surface area contributed by atoms with Gasteiger partial charge in [0.25, 0.3) is 0 Å². The van der Waals surface area contributed by atoms with E-state index in [1.807, 2.05) is 12.3 Å². The average Bonchev–Trinajstić information content (AvgIpc) is 2.66. The number of Topliss-reactive ketones (excluding diaryl/α,β-unsaturated/α-hetero) is 1. The maximum atomic E-state index is 13.3. The highest BCUT2D eigenvalue weighted by Gasteiger charge is 2.40. The Morgan fingerprint density at radius 2 is 1.96 bits per heavy atom. The number of anilines is 1. The summed E-state index contributed by atoms with van der Waals surface area (Å²) in [7, 11) is 2.10. The first-order chi connectivity index (χ1) is 13.4. The van der Waals surface area contributed by atoms with Gasteiger partial charge in [-0.3, -0.25) is 9.78 Å². The fourth-order valence-electron chi connectivity index (χ4n) is 4.82. The van der Waals surface area contributed by atoms with E-state index in [0.29, 0.717) is 6.42 Å². The van der Waals surface area contributed by atoms with Gasteiger partial charge in [-0.2, -0.15) is 0 Å². The summed E-state index contributed by atoms with van der Waals surface area (Å²) in [4.78, 5) is 17.9. The first-order valence-corrected chi connectivity index (χ1v) is 9.90. The van der Waals surface area contributed by atoms with E-state index >= 15 is 0 Å². The minimum Gasteiger partial charge on any atom is -0.373 e. The predicted octanol–water partition coefficient (Wildman–Crippen LogP) is 3.80. The Kier molecular flexibility index (Phi) is 3.73. The molecule has 0 spiro atoms. The number of carbonyl (C=O) groups is 1. The number of hydrogen-bond donors (Lipinski definition) is 1. The van der Waals surface area contributed by atoms with Crippen molar-refractivity contribution in [3.8, 4) is 0 Å². The third kappa shape index (κ3) is 2.67. The van der Waals surface area contributed by atoms with Crippen molar-refractivity contribution in [2.24, 2.45) is 5.41 Å². The number of hydrogen-bond acceptors (Lipinski definition) is 3. The number of benzene rings is 2. The van der Waals surface area contributed by atoms with Crippen LogP contribution in [0.3, 0.4) is 0 Å². The maximum Gasteiger partial charge on any atom is 0.162 e. The molecule has 0 fully saturated rings. The molecule has 0 bridgehead atoms. The molecular weight excluding hydrogens is 343 g/mol. The van der Waals surface area contributed by atoms with Gasteiger partial charge in [0.15, 0.2) is 5.78 Å². The number of ketones is 1. The van der Waals surface area contributed by atoms with Crippen molar-refractivity contribution in [3.05, 3.63) is 71.4 Å². The molecule has 138 valence electrons. The Labute approximate surface area is 166 Å². The Hall–Kier alpha value is -2.88. The highest BCUT2D eigenvalue weighted by Crippen LogP contribution is 2.51. The average molecular weight is 366 g/mol. The van der Waals surface area contributed by atoms with Crippen molar-refractivity contribution in [2.75, 3.05) is 5.32 Å². The quantitative estimate of drug-likeness (QED) is 0.666. The summed E-state index contributed by atoms with van der Waals surface area (Å²) in [5, 5.41) is 4.80. The van der Waals surface area contributed by atoms with E-state index in [0.717, 1.165) is 39.7 Å². The third-order valence-electron chi connectivity index (χ3n) is 5.97. The van der Waals surface area contributed by atoms with Crippen LogP contribution in [-0.4, -0.2) is 18.6 Å². The molecule has 0 saturated carbocycles. The van der Waals surface area contributed by atoms with Gasteiger partial charge in [-0.15, -0.1) is 0 Å². The number of carbonyl (C=O) groups excluding carboxylic acids is 1. The molecule has 1 N–H and O–H groups in total. The summed E-state index contributed by atoms with van der Waals surface area (Å²) in [5.74, 6) is 0.261. The number of aromatic nitrogens is 1. The highest BCUT2D eigenvalue weighted by molar-refractivity contribution is 6.32. The normalized spacial score (nSPS) is 20.5. The molecule has 1 aliphatic carbocycles. The molecule has 1 aliphatic heterocycles. The summed E-state index contributed by atoms with van der Waals surface area (Å²) in [6.45, 7) is 4.39. The Balaban J connectivity index is 1.81. The van der Waals surface area contributed by atoms with Crippen molar-refractivity contribution < 1.29 is 4.79 Å². The van der Waals surface area contributed by atoms with Crippen LogP contribution in [0, 0.1) is 5.41 Å². The van der Waals surface area contributed by atoms with Crippen LogP contribution in [-0.2, 0) is 4.79 Å². The fourth-order valence-corrected chi connectivity index (χ4v) is 4.82. The van der Waals surface area contributed by atoms with Crippen molar-refractivity contribution in [1.29, 1.82) is 0 Å². The van der Waals surface area contributed by atoms with E-state index in [2.05, 4.69) is 74.5 Å². The lowest BCUT2D eigenvalue weighted by Gasteiger charge is -2.40. The van der Waals surface area contributed by atoms with E-state index < -0.39 is 0 Å². The van der Waals surface area contributed by atoms with Crippen LogP contribution in [0.4, 0.5) is 5.69 Å².